The van der Waals surface area contributed by atoms with Gasteiger partial charge in [-0.3, -0.25) is 4.68 Å². The fourth-order valence-corrected chi connectivity index (χ4v) is 1.70. The summed E-state index contributed by atoms with van der Waals surface area (Å²) in [5.41, 5.74) is 2.56. The molecule has 0 saturated heterocycles. The maximum Gasteiger partial charge on any atom is 0.124 e. The molecule has 0 saturated carbocycles. The van der Waals surface area contributed by atoms with Crippen LogP contribution in [-0.4, -0.2) is 16.9 Å². The molecule has 0 atom stereocenters. The lowest BCUT2D eigenvalue weighted by Crippen LogP contribution is -2.03. The summed E-state index contributed by atoms with van der Waals surface area (Å²) in [7, 11) is 1.62. The number of ether oxygens (including phenoxy) is 1. The predicted octanol–water partition coefficient (Wildman–Crippen LogP) is 2.12. The van der Waals surface area contributed by atoms with E-state index in [0.717, 1.165) is 17.0 Å². The first-order chi connectivity index (χ1) is 8.22. The number of hydrogen-bond acceptors (Lipinski definition) is 3. The van der Waals surface area contributed by atoms with Crippen LogP contribution >= 0.6 is 0 Å². The van der Waals surface area contributed by atoms with Crippen molar-refractivity contribution in [3.63, 3.8) is 0 Å². The van der Waals surface area contributed by atoms with E-state index in [1.54, 1.807) is 13.2 Å². The molecule has 1 aromatic heterocycles. The molecular formula is C13H13N3O. The summed E-state index contributed by atoms with van der Waals surface area (Å²) in [5, 5.41) is 13.2. The first-order valence-corrected chi connectivity index (χ1v) is 5.30. The number of nitrogens with zero attached hydrogens (tertiary/aromatic N) is 3. The molecule has 0 radical (unpaired) electrons. The van der Waals surface area contributed by atoms with Gasteiger partial charge in [0.05, 0.1) is 31.0 Å². The van der Waals surface area contributed by atoms with E-state index in [4.69, 9.17) is 10.00 Å². The molecule has 4 nitrogen and oxygen atoms in total. The number of methoxy groups -OCH3 is 1. The minimum atomic E-state index is 0.604. The predicted molar refractivity (Wildman–Crippen MR) is 63.8 cm³/mol. The Labute approximate surface area is 100 Å². The molecule has 0 aliphatic carbocycles. The molecule has 0 spiro atoms. The highest BCUT2D eigenvalue weighted by Gasteiger charge is 2.06. The largest absolute Gasteiger partial charge is 0.496 e. The number of rotatable bonds is 3. The second-order valence-corrected chi connectivity index (χ2v) is 3.79. The van der Waals surface area contributed by atoms with Gasteiger partial charge in [0.15, 0.2) is 0 Å². The van der Waals surface area contributed by atoms with Crippen molar-refractivity contribution in [2.45, 2.75) is 13.5 Å². The standard InChI is InChI=1S/C13H13N3O/c1-10-5-6-16(15-10)9-12-7-11(8-14)3-4-13(12)17-2/h3-7H,9H2,1-2H3. The molecule has 2 rings (SSSR count). The van der Waals surface area contributed by atoms with E-state index >= 15 is 0 Å². The smallest absolute Gasteiger partial charge is 0.124 e. The summed E-state index contributed by atoms with van der Waals surface area (Å²) >= 11 is 0. The zero-order valence-electron chi connectivity index (χ0n) is 9.84. The second-order valence-electron chi connectivity index (χ2n) is 3.79. The molecule has 17 heavy (non-hydrogen) atoms. The van der Waals surface area contributed by atoms with Crippen molar-refractivity contribution in [1.82, 2.24) is 9.78 Å². The molecule has 2 aromatic rings. The van der Waals surface area contributed by atoms with Gasteiger partial charge in [0, 0.05) is 11.8 Å². The molecule has 0 fully saturated rings. The summed E-state index contributed by atoms with van der Waals surface area (Å²) in [6.45, 7) is 2.55. The van der Waals surface area contributed by atoms with Crippen molar-refractivity contribution >= 4 is 0 Å². The minimum Gasteiger partial charge on any atom is -0.496 e. The Kier molecular flexibility index (Phi) is 3.10. The third-order valence-corrected chi connectivity index (χ3v) is 2.52. The van der Waals surface area contributed by atoms with E-state index in [1.165, 1.54) is 0 Å². The maximum atomic E-state index is 8.88. The summed E-state index contributed by atoms with van der Waals surface area (Å²) in [5.74, 6) is 0.775. The van der Waals surface area contributed by atoms with Crippen LogP contribution < -0.4 is 4.74 Å². The Morgan fingerprint density at radius 1 is 1.41 bits per heavy atom. The van der Waals surface area contributed by atoms with Gasteiger partial charge >= 0.3 is 0 Å². The minimum absolute atomic E-state index is 0.604. The van der Waals surface area contributed by atoms with Crippen LogP contribution in [0.1, 0.15) is 16.8 Å². The Morgan fingerprint density at radius 2 is 2.24 bits per heavy atom. The molecule has 0 unspecified atom stereocenters. The lowest BCUT2D eigenvalue weighted by Gasteiger charge is -2.08. The molecule has 4 heteroatoms. The summed E-state index contributed by atoms with van der Waals surface area (Å²) in [4.78, 5) is 0. The summed E-state index contributed by atoms with van der Waals surface area (Å²) in [6.07, 6.45) is 1.91. The van der Waals surface area contributed by atoms with E-state index in [-0.39, 0.29) is 0 Å². The van der Waals surface area contributed by atoms with Crippen LogP contribution in [0.25, 0.3) is 0 Å². The number of aryl methyl sites for hydroxylation is 1. The Balaban J connectivity index is 2.33. The van der Waals surface area contributed by atoms with Gasteiger partial charge in [-0.1, -0.05) is 0 Å². The maximum absolute atomic E-state index is 8.88. The molecule has 0 aliphatic rings. The first kappa shape index (κ1) is 11.2. The van der Waals surface area contributed by atoms with Crippen LogP contribution in [0.2, 0.25) is 0 Å². The van der Waals surface area contributed by atoms with Crippen molar-refractivity contribution in [1.29, 1.82) is 5.26 Å². The van der Waals surface area contributed by atoms with Gasteiger partial charge in [0.1, 0.15) is 5.75 Å². The zero-order valence-corrected chi connectivity index (χ0v) is 9.84. The second kappa shape index (κ2) is 4.71. The van der Waals surface area contributed by atoms with Crippen LogP contribution in [0.15, 0.2) is 30.5 Å². The monoisotopic (exact) mass is 227 g/mol. The van der Waals surface area contributed by atoms with Crippen LogP contribution in [0.5, 0.6) is 5.75 Å². The van der Waals surface area contributed by atoms with Crippen LogP contribution in [0.3, 0.4) is 0 Å². The lowest BCUT2D eigenvalue weighted by molar-refractivity contribution is 0.407. The SMILES string of the molecule is COc1ccc(C#N)cc1Cn1ccc(C)n1. The lowest BCUT2D eigenvalue weighted by atomic mass is 10.1. The van der Waals surface area contributed by atoms with Gasteiger partial charge in [0.2, 0.25) is 0 Å². The van der Waals surface area contributed by atoms with Crippen molar-refractivity contribution in [3.05, 3.63) is 47.3 Å². The zero-order chi connectivity index (χ0) is 12.3. The highest BCUT2D eigenvalue weighted by Crippen LogP contribution is 2.20. The average molecular weight is 227 g/mol. The molecule has 0 N–H and O–H groups in total. The van der Waals surface area contributed by atoms with E-state index < -0.39 is 0 Å². The molecule has 86 valence electrons. The fraction of sp³-hybridized carbons (Fsp3) is 0.231. The van der Waals surface area contributed by atoms with Crippen LogP contribution in [0.4, 0.5) is 0 Å². The van der Waals surface area contributed by atoms with Crippen molar-refractivity contribution in [3.8, 4) is 11.8 Å². The van der Waals surface area contributed by atoms with E-state index in [2.05, 4.69) is 11.2 Å². The van der Waals surface area contributed by atoms with E-state index in [1.807, 2.05) is 36.0 Å². The van der Waals surface area contributed by atoms with E-state index in [0.29, 0.717) is 12.1 Å². The molecular weight excluding hydrogens is 214 g/mol. The third-order valence-electron chi connectivity index (χ3n) is 2.52. The average Bonchev–Trinajstić information content (AvgIpc) is 2.74. The molecule has 0 bridgehead atoms. The van der Waals surface area contributed by atoms with Crippen molar-refractivity contribution < 1.29 is 4.74 Å². The van der Waals surface area contributed by atoms with Crippen LogP contribution in [-0.2, 0) is 6.54 Å². The highest BCUT2D eigenvalue weighted by molar-refractivity contribution is 5.42. The van der Waals surface area contributed by atoms with Crippen LogP contribution in [0, 0.1) is 18.3 Å². The number of aromatic nitrogens is 2. The third kappa shape index (κ3) is 2.45. The van der Waals surface area contributed by atoms with Gasteiger partial charge in [-0.25, -0.2) is 0 Å². The highest BCUT2D eigenvalue weighted by atomic mass is 16.5. The Hall–Kier alpha value is -2.28. The number of nitriles is 1. The van der Waals surface area contributed by atoms with Gasteiger partial charge in [0.25, 0.3) is 0 Å². The van der Waals surface area contributed by atoms with Gasteiger partial charge in [-0.2, -0.15) is 10.4 Å². The first-order valence-electron chi connectivity index (χ1n) is 5.30. The summed E-state index contributed by atoms with van der Waals surface area (Å²) in [6, 6.07) is 9.46. The van der Waals surface area contributed by atoms with Gasteiger partial charge < -0.3 is 4.74 Å². The Morgan fingerprint density at radius 3 is 2.82 bits per heavy atom. The van der Waals surface area contributed by atoms with Crippen molar-refractivity contribution in [2.75, 3.05) is 7.11 Å². The van der Waals surface area contributed by atoms with Gasteiger partial charge in [-0.05, 0) is 31.2 Å². The molecule has 0 aliphatic heterocycles. The quantitative estimate of drug-likeness (QED) is 0.807. The Bertz CT molecular complexity index is 566. The van der Waals surface area contributed by atoms with Crippen molar-refractivity contribution in [2.24, 2.45) is 0 Å². The molecule has 1 aromatic carbocycles. The number of hydrogen-bond donors (Lipinski definition) is 0. The topological polar surface area (TPSA) is 50.8 Å². The van der Waals surface area contributed by atoms with Gasteiger partial charge in [-0.15, -0.1) is 0 Å². The molecule has 1 heterocycles. The molecule has 0 amide bonds. The number of benzene rings is 1. The fourth-order valence-electron chi connectivity index (χ4n) is 1.70. The summed E-state index contributed by atoms with van der Waals surface area (Å²) < 4.78 is 7.10. The normalized spacial score (nSPS) is 9.94. The van der Waals surface area contributed by atoms with E-state index in [9.17, 15) is 0 Å².